The first-order valence-corrected chi connectivity index (χ1v) is 9.32. The van der Waals surface area contributed by atoms with Crippen molar-refractivity contribution in [2.75, 3.05) is 26.2 Å². The molecule has 6 nitrogen and oxygen atoms in total. The number of nitrogens with one attached hydrogen (secondary N) is 1. The molecule has 1 aromatic carbocycles. The molecule has 1 fully saturated rings. The van der Waals surface area contributed by atoms with Gasteiger partial charge in [-0.05, 0) is 49.5 Å². The summed E-state index contributed by atoms with van der Waals surface area (Å²) in [6.07, 6.45) is 4.77. The van der Waals surface area contributed by atoms with Crippen LogP contribution in [0.2, 0.25) is 0 Å². The maximum atomic E-state index is 12.5. The molecule has 1 heterocycles. The molecule has 0 aromatic heterocycles. The van der Waals surface area contributed by atoms with Gasteiger partial charge in [-0.3, -0.25) is 9.59 Å². The van der Waals surface area contributed by atoms with Crippen molar-refractivity contribution in [2.24, 2.45) is 5.92 Å². The summed E-state index contributed by atoms with van der Waals surface area (Å²) in [5.41, 5.74) is 0.652. The van der Waals surface area contributed by atoms with Crippen molar-refractivity contribution < 1.29 is 27.8 Å². The van der Waals surface area contributed by atoms with E-state index in [4.69, 9.17) is 4.74 Å². The lowest BCUT2D eigenvalue weighted by atomic mass is 9.96. The van der Waals surface area contributed by atoms with E-state index < -0.39 is 6.61 Å². The van der Waals surface area contributed by atoms with E-state index in [9.17, 15) is 18.4 Å². The van der Waals surface area contributed by atoms with Crippen molar-refractivity contribution in [3.8, 4) is 11.5 Å². The Kier molecular flexibility index (Phi) is 8.22. The lowest BCUT2D eigenvalue weighted by Gasteiger charge is -2.31. The topological polar surface area (TPSA) is 67.9 Å². The summed E-state index contributed by atoms with van der Waals surface area (Å²) in [7, 11) is 0. The molecular weight excluding hydrogens is 370 g/mol. The Bertz CT molecular complexity index is 701. The molecule has 0 radical (unpaired) electrons. The predicted molar refractivity (Wildman–Crippen MR) is 101 cm³/mol. The molecule has 0 saturated carbocycles. The molecule has 154 valence electrons. The summed E-state index contributed by atoms with van der Waals surface area (Å²) in [6, 6.07) is 4.54. The van der Waals surface area contributed by atoms with Crippen LogP contribution in [-0.4, -0.2) is 49.6 Å². The Morgan fingerprint density at radius 1 is 1.29 bits per heavy atom. The number of carbonyl (C=O) groups is 2. The van der Waals surface area contributed by atoms with Crippen LogP contribution in [0.4, 0.5) is 8.78 Å². The largest absolute Gasteiger partial charge is 0.490 e. The van der Waals surface area contributed by atoms with E-state index in [-0.39, 0.29) is 23.3 Å². The van der Waals surface area contributed by atoms with Gasteiger partial charge in [0.15, 0.2) is 11.5 Å². The van der Waals surface area contributed by atoms with Gasteiger partial charge in [-0.2, -0.15) is 8.78 Å². The number of benzene rings is 1. The van der Waals surface area contributed by atoms with Crippen LogP contribution in [-0.2, 0) is 9.59 Å². The first-order chi connectivity index (χ1) is 13.4. The Balaban J connectivity index is 1.93. The van der Waals surface area contributed by atoms with Gasteiger partial charge in [0.1, 0.15) is 0 Å². The molecule has 1 aliphatic heterocycles. The van der Waals surface area contributed by atoms with Crippen molar-refractivity contribution in [1.29, 1.82) is 0 Å². The fourth-order valence-corrected chi connectivity index (χ4v) is 3.01. The predicted octanol–water partition coefficient (Wildman–Crippen LogP) is 3.07. The summed E-state index contributed by atoms with van der Waals surface area (Å²) in [5, 5.41) is 2.81. The van der Waals surface area contributed by atoms with Crippen LogP contribution in [0.25, 0.3) is 6.08 Å². The van der Waals surface area contributed by atoms with Gasteiger partial charge in [-0.1, -0.05) is 6.07 Å². The lowest BCUT2D eigenvalue weighted by Crippen LogP contribution is -2.40. The number of amides is 2. The zero-order valence-electron chi connectivity index (χ0n) is 16.1. The highest BCUT2D eigenvalue weighted by Gasteiger charge is 2.21. The van der Waals surface area contributed by atoms with Gasteiger partial charge in [0.2, 0.25) is 11.8 Å². The van der Waals surface area contributed by atoms with Gasteiger partial charge in [0.25, 0.3) is 0 Å². The second kappa shape index (κ2) is 10.6. The number of hydrogen-bond acceptors (Lipinski definition) is 4. The maximum Gasteiger partial charge on any atom is 0.387 e. The molecule has 1 saturated heterocycles. The minimum atomic E-state index is -2.93. The smallest absolute Gasteiger partial charge is 0.387 e. The third-order valence-electron chi connectivity index (χ3n) is 4.47. The van der Waals surface area contributed by atoms with Crippen LogP contribution in [0.3, 0.4) is 0 Å². The van der Waals surface area contributed by atoms with Crippen molar-refractivity contribution in [2.45, 2.75) is 33.3 Å². The number of rotatable bonds is 8. The lowest BCUT2D eigenvalue weighted by molar-refractivity contribution is -0.127. The average molecular weight is 396 g/mol. The van der Waals surface area contributed by atoms with Crippen molar-refractivity contribution >= 4 is 17.9 Å². The molecule has 0 spiro atoms. The number of alkyl halides is 2. The van der Waals surface area contributed by atoms with E-state index in [0.29, 0.717) is 37.7 Å². The van der Waals surface area contributed by atoms with E-state index in [2.05, 4.69) is 10.1 Å². The molecular formula is C20H26F2N2O4. The first kappa shape index (κ1) is 21.7. The van der Waals surface area contributed by atoms with Gasteiger partial charge in [-0.25, -0.2) is 0 Å². The summed E-state index contributed by atoms with van der Waals surface area (Å²) in [4.78, 5) is 25.1. The molecule has 1 N–H and O–H groups in total. The Morgan fingerprint density at radius 3 is 2.61 bits per heavy atom. The SMILES string of the molecule is CCOc1cc(C=CC(=O)N2CCC(CNC(C)=O)CC2)ccc1OC(F)F. The van der Waals surface area contributed by atoms with Crippen LogP contribution in [0.15, 0.2) is 24.3 Å². The van der Waals surface area contributed by atoms with E-state index in [1.165, 1.54) is 19.1 Å². The monoisotopic (exact) mass is 396 g/mol. The van der Waals surface area contributed by atoms with Gasteiger partial charge in [-0.15, -0.1) is 0 Å². The summed E-state index contributed by atoms with van der Waals surface area (Å²) >= 11 is 0. The quantitative estimate of drug-likeness (QED) is 0.686. The van der Waals surface area contributed by atoms with Crippen molar-refractivity contribution in [1.82, 2.24) is 10.2 Å². The third-order valence-corrected chi connectivity index (χ3v) is 4.47. The van der Waals surface area contributed by atoms with Crippen LogP contribution in [0.1, 0.15) is 32.3 Å². The molecule has 0 bridgehead atoms. The molecule has 1 aromatic rings. The number of carbonyl (C=O) groups excluding carboxylic acids is 2. The minimum absolute atomic E-state index is 0.0402. The normalized spacial score (nSPS) is 15.1. The molecule has 2 rings (SSSR count). The highest BCUT2D eigenvalue weighted by Crippen LogP contribution is 2.30. The van der Waals surface area contributed by atoms with Gasteiger partial charge in [0.05, 0.1) is 6.61 Å². The first-order valence-electron chi connectivity index (χ1n) is 9.32. The number of ether oxygens (including phenoxy) is 2. The number of hydrogen-bond donors (Lipinski definition) is 1. The van der Waals surface area contributed by atoms with Gasteiger partial charge >= 0.3 is 6.61 Å². The molecule has 0 atom stereocenters. The van der Waals surface area contributed by atoms with Gasteiger partial charge < -0.3 is 19.7 Å². The average Bonchev–Trinajstić information content (AvgIpc) is 2.66. The summed E-state index contributed by atoms with van der Waals surface area (Å²) in [6.45, 7) is 2.52. The van der Waals surface area contributed by atoms with Crippen LogP contribution in [0.5, 0.6) is 11.5 Å². The molecule has 0 unspecified atom stereocenters. The summed E-state index contributed by atoms with van der Waals surface area (Å²) in [5.74, 6) is 0.396. The minimum Gasteiger partial charge on any atom is -0.490 e. The van der Waals surface area contributed by atoms with Crippen molar-refractivity contribution in [3.05, 3.63) is 29.8 Å². The van der Waals surface area contributed by atoms with Crippen LogP contribution >= 0.6 is 0 Å². The Morgan fingerprint density at radius 2 is 2.00 bits per heavy atom. The standard InChI is InChI=1S/C20H26F2N2O4/c1-3-27-18-12-15(4-6-17(18)28-20(21)22)5-7-19(26)24-10-8-16(9-11-24)13-23-14(2)25/h4-7,12,16,20H,3,8-11,13H2,1-2H3,(H,23,25). The number of halogens is 2. The van der Waals surface area contributed by atoms with Crippen LogP contribution < -0.4 is 14.8 Å². The van der Waals surface area contributed by atoms with Gasteiger partial charge in [0, 0.05) is 32.6 Å². The fourth-order valence-electron chi connectivity index (χ4n) is 3.01. The third kappa shape index (κ3) is 6.83. The number of likely N-dealkylation sites (tertiary alicyclic amines) is 1. The second-order valence-electron chi connectivity index (χ2n) is 6.56. The maximum absolute atomic E-state index is 12.5. The molecule has 2 amide bonds. The Labute approximate surface area is 163 Å². The molecule has 1 aliphatic rings. The molecule has 28 heavy (non-hydrogen) atoms. The van der Waals surface area contributed by atoms with E-state index in [0.717, 1.165) is 12.8 Å². The van der Waals surface area contributed by atoms with E-state index in [1.807, 2.05) is 0 Å². The second-order valence-corrected chi connectivity index (χ2v) is 6.56. The highest BCUT2D eigenvalue weighted by molar-refractivity contribution is 5.92. The highest BCUT2D eigenvalue weighted by atomic mass is 19.3. The zero-order chi connectivity index (χ0) is 20.5. The number of piperidine rings is 1. The van der Waals surface area contributed by atoms with Crippen molar-refractivity contribution in [3.63, 3.8) is 0 Å². The summed E-state index contributed by atoms with van der Waals surface area (Å²) < 4.78 is 34.7. The molecule has 0 aliphatic carbocycles. The number of nitrogens with zero attached hydrogens (tertiary/aromatic N) is 1. The van der Waals surface area contributed by atoms with E-state index in [1.54, 1.807) is 30.0 Å². The Hall–Kier alpha value is -2.64. The van der Waals surface area contributed by atoms with E-state index >= 15 is 0 Å². The van der Waals surface area contributed by atoms with Crippen LogP contribution in [0, 0.1) is 5.92 Å². The zero-order valence-corrected chi connectivity index (χ0v) is 16.1. The fraction of sp³-hybridized carbons (Fsp3) is 0.500. The molecule has 8 heteroatoms.